The number of carbonyl (C=O) groups excluding carboxylic acids is 1. The summed E-state index contributed by atoms with van der Waals surface area (Å²) in [5, 5.41) is 18.8. The molecule has 0 radical (unpaired) electrons. The maximum absolute atomic E-state index is 13.3. The third-order valence-corrected chi connectivity index (χ3v) is 6.47. The molecule has 0 saturated heterocycles. The quantitative estimate of drug-likeness (QED) is 0.282. The SMILES string of the molecule is C=CCSc1nc([O-])c2[n+](n1)C(c1cc(Cl)cc(Cl)c1OC)N(C(=O)CC)c1ccccc1-2. The van der Waals surface area contributed by atoms with Crippen molar-refractivity contribution in [1.82, 2.24) is 10.1 Å². The number of fused-ring (bicyclic) bond motifs is 3. The number of methoxy groups -OCH3 is 1. The van der Waals surface area contributed by atoms with Crippen LogP contribution in [0.4, 0.5) is 5.69 Å². The summed E-state index contributed by atoms with van der Waals surface area (Å²) in [6, 6.07) is 10.4. The Bertz CT molecular complexity index is 1250. The van der Waals surface area contributed by atoms with Crippen LogP contribution < -0.4 is 19.4 Å². The first-order valence-electron chi connectivity index (χ1n) is 10.1. The zero-order chi connectivity index (χ0) is 23.7. The summed E-state index contributed by atoms with van der Waals surface area (Å²) in [4.78, 5) is 19.1. The van der Waals surface area contributed by atoms with Gasteiger partial charge in [0.1, 0.15) is 5.75 Å². The van der Waals surface area contributed by atoms with Crippen molar-refractivity contribution < 1.29 is 19.3 Å². The standard InChI is InChI=1S/C23H20Cl2N4O3S/c1-4-10-33-23-26-21(31)19-14-8-6-7-9-17(14)28(18(30)5-2)22(29(19)27-23)15-11-13(24)12-16(25)20(15)32-3/h4,6-9,11-12,22H,1,5,10H2,2-3H3. The van der Waals surface area contributed by atoms with E-state index >= 15 is 0 Å². The third-order valence-electron chi connectivity index (χ3n) is 5.14. The number of ether oxygens (including phenoxy) is 1. The fourth-order valence-electron chi connectivity index (χ4n) is 3.84. The normalized spacial score (nSPS) is 14.4. The Balaban J connectivity index is 2.10. The first-order valence-corrected chi connectivity index (χ1v) is 11.8. The second kappa shape index (κ2) is 9.59. The Hall–Kier alpha value is -2.81. The van der Waals surface area contributed by atoms with Gasteiger partial charge in [0.05, 0.1) is 34.8 Å². The summed E-state index contributed by atoms with van der Waals surface area (Å²) in [5.41, 5.74) is 1.89. The van der Waals surface area contributed by atoms with Crippen molar-refractivity contribution in [2.24, 2.45) is 0 Å². The molecule has 1 amide bonds. The van der Waals surface area contributed by atoms with Gasteiger partial charge in [-0.3, -0.25) is 4.79 Å². The van der Waals surface area contributed by atoms with Gasteiger partial charge in [0.25, 0.3) is 17.0 Å². The van der Waals surface area contributed by atoms with Gasteiger partial charge in [-0.25, -0.2) is 9.88 Å². The Morgan fingerprint density at radius 3 is 2.82 bits per heavy atom. The highest BCUT2D eigenvalue weighted by molar-refractivity contribution is 7.99. The van der Waals surface area contributed by atoms with Crippen molar-refractivity contribution in [3.8, 4) is 22.9 Å². The van der Waals surface area contributed by atoms with E-state index in [1.165, 1.54) is 23.6 Å². The number of thioether (sulfide) groups is 1. The summed E-state index contributed by atoms with van der Waals surface area (Å²) < 4.78 is 7.11. The molecule has 0 bridgehead atoms. The van der Waals surface area contributed by atoms with Crippen LogP contribution in [0, 0.1) is 0 Å². The molecule has 0 spiro atoms. The molecule has 10 heteroatoms. The van der Waals surface area contributed by atoms with E-state index < -0.39 is 12.0 Å². The molecular weight excluding hydrogens is 483 g/mol. The number of carbonyl (C=O) groups is 1. The van der Waals surface area contributed by atoms with Crippen LogP contribution in [-0.2, 0) is 4.79 Å². The average Bonchev–Trinajstić information content (AvgIpc) is 2.80. The second-order valence-corrected chi connectivity index (χ2v) is 8.94. The van der Waals surface area contributed by atoms with Gasteiger partial charge in [-0.05, 0) is 24.3 Å². The highest BCUT2D eigenvalue weighted by Gasteiger charge is 2.46. The highest BCUT2D eigenvalue weighted by Crippen LogP contribution is 2.44. The summed E-state index contributed by atoms with van der Waals surface area (Å²) in [5.74, 6) is 0.230. The van der Waals surface area contributed by atoms with Gasteiger partial charge >= 0.3 is 0 Å². The Morgan fingerprint density at radius 2 is 2.12 bits per heavy atom. The van der Waals surface area contributed by atoms with Crippen LogP contribution in [0.5, 0.6) is 11.6 Å². The first kappa shape index (κ1) is 23.4. The number of hydrogen-bond donors (Lipinski definition) is 0. The smallest absolute Gasteiger partial charge is 0.296 e. The number of hydrogen-bond acceptors (Lipinski definition) is 6. The van der Waals surface area contributed by atoms with E-state index in [-0.39, 0.29) is 28.2 Å². The second-order valence-electron chi connectivity index (χ2n) is 7.11. The molecule has 0 N–H and O–H groups in total. The van der Waals surface area contributed by atoms with Crippen molar-refractivity contribution in [2.75, 3.05) is 17.8 Å². The van der Waals surface area contributed by atoms with Crippen LogP contribution in [0.2, 0.25) is 10.0 Å². The van der Waals surface area contributed by atoms with E-state index in [2.05, 4.69) is 16.7 Å². The molecule has 33 heavy (non-hydrogen) atoms. The predicted octanol–water partition coefficient (Wildman–Crippen LogP) is 4.40. The van der Waals surface area contributed by atoms with Crippen molar-refractivity contribution in [1.29, 1.82) is 0 Å². The topological polar surface area (TPSA) is 82.3 Å². The number of para-hydroxylation sites is 1. The minimum absolute atomic E-state index is 0.171. The third kappa shape index (κ3) is 4.14. The predicted molar refractivity (Wildman–Crippen MR) is 127 cm³/mol. The molecule has 0 aliphatic carbocycles. The summed E-state index contributed by atoms with van der Waals surface area (Å²) in [6.07, 6.45) is 1.06. The lowest BCUT2D eigenvalue weighted by molar-refractivity contribution is -0.764. The van der Waals surface area contributed by atoms with Crippen LogP contribution in [-0.4, -0.2) is 28.9 Å². The number of anilines is 1. The Morgan fingerprint density at radius 1 is 1.36 bits per heavy atom. The van der Waals surface area contributed by atoms with Crippen molar-refractivity contribution in [3.63, 3.8) is 0 Å². The molecule has 0 saturated carbocycles. The molecule has 0 fully saturated rings. The molecule has 1 unspecified atom stereocenters. The highest BCUT2D eigenvalue weighted by atomic mass is 35.5. The molecule has 1 aromatic heterocycles. The van der Waals surface area contributed by atoms with E-state index in [1.54, 1.807) is 48.2 Å². The maximum Gasteiger partial charge on any atom is 0.296 e. The molecule has 170 valence electrons. The lowest BCUT2D eigenvalue weighted by atomic mass is 10.0. The van der Waals surface area contributed by atoms with Crippen LogP contribution in [0.1, 0.15) is 25.1 Å². The summed E-state index contributed by atoms with van der Waals surface area (Å²) in [7, 11) is 1.48. The number of rotatable bonds is 6. The number of nitrogens with zero attached hydrogens (tertiary/aromatic N) is 4. The lowest BCUT2D eigenvalue weighted by Gasteiger charge is -2.34. The fraction of sp³-hybridized carbons (Fsp3) is 0.217. The minimum atomic E-state index is -0.868. The molecule has 3 aromatic rings. The van der Waals surface area contributed by atoms with Crippen molar-refractivity contribution >= 4 is 46.6 Å². The molecule has 2 aromatic carbocycles. The number of benzene rings is 2. The van der Waals surface area contributed by atoms with Gasteiger partial charge < -0.3 is 9.84 Å². The van der Waals surface area contributed by atoms with Crippen LogP contribution in [0.3, 0.4) is 0 Å². The first-order chi connectivity index (χ1) is 15.9. The molecule has 2 heterocycles. The monoisotopic (exact) mass is 502 g/mol. The Labute approximate surface area is 205 Å². The molecule has 1 aliphatic heterocycles. The van der Waals surface area contributed by atoms with E-state index in [4.69, 9.17) is 27.9 Å². The molecule has 1 atom stereocenters. The molecule has 7 nitrogen and oxygen atoms in total. The minimum Gasteiger partial charge on any atom is -0.854 e. The summed E-state index contributed by atoms with van der Waals surface area (Å²) in [6.45, 7) is 5.48. The van der Waals surface area contributed by atoms with Crippen LogP contribution in [0.15, 0.2) is 54.2 Å². The van der Waals surface area contributed by atoms with Gasteiger partial charge in [0.2, 0.25) is 5.91 Å². The number of aromatic nitrogens is 3. The zero-order valence-corrected chi connectivity index (χ0v) is 20.2. The van der Waals surface area contributed by atoms with Gasteiger partial charge in [-0.2, -0.15) is 0 Å². The molecular formula is C23H20Cl2N4O3S. The van der Waals surface area contributed by atoms with Crippen LogP contribution in [0.25, 0.3) is 11.3 Å². The van der Waals surface area contributed by atoms with Crippen molar-refractivity contribution in [3.05, 3.63) is 64.7 Å². The molecule has 4 rings (SSSR count). The van der Waals surface area contributed by atoms with Gasteiger partial charge in [0, 0.05) is 22.3 Å². The zero-order valence-electron chi connectivity index (χ0n) is 17.9. The van der Waals surface area contributed by atoms with E-state index in [0.717, 1.165) is 0 Å². The van der Waals surface area contributed by atoms with Gasteiger partial charge in [-0.1, -0.05) is 64.8 Å². The van der Waals surface area contributed by atoms with Gasteiger partial charge in [-0.15, -0.1) is 6.58 Å². The van der Waals surface area contributed by atoms with Gasteiger partial charge in [0.15, 0.2) is 0 Å². The van der Waals surface area contributed by atoms with E-state index in [0.29, 0.717) is 33.3 Å². The fourth-order valence-corrected chi connectivity index (χ4v) is 4.98. The van der Waals surface area contributed by atoms with E-state index in [1.807, 2.05) is 6.07 Å². The largest absolute Gasteiger partial charge is 0.854 e. The lowest BCUT2D eigenvalue weighted by Crippen LogP contribution is -2.59. The summed E-state index contributed by atoms with van der Waals surface area (Å²) >= 11 is 14.1. The van der Waals surface area contributed by atoms with Crippen LogP contribution >= 0.6 is 35.0 Å². The Kier molecular flexibility index (Phi) is 6.78. The maximum atomic E-state index is 13.3. The molecule has 1 aliphatic rings. The number of halogens is 2. The number of amides is 1. The van der Waals surface area contributed by atoms with E-state index in [9.17, 15) is 9.90 Å². The van der Waals surface area contributed by atoms with Crippen molar-refractivity contribution in [2.45, 2.75) is 24.7 Å². The average molecular weight is 503 g/mol.